The number of thioether (sulfide) groups is 2. The molecule has 0 saturated carbocycles. The lowest BCUT2D eigenvalue weighted by Gasteiger charge is -2.25. The SMILES string of the molecule is CCc1ccc(C(O)COc2ccc(CC(C)(SC)C(=O)NC=O)cc2)nc1.CCc1ccc(C(O)COc2ccc(CC3SC(=O)NC3=O)cc2)nc1. The molecule has 5 rings (SSSR count). The Morgan fingerprint density at radius 2 is 1.33 bits per heavy atom. The molecule has 0 bridgehead atoms. The lowest BCUT2D eigenvalue weighted by atomic mass is 9.99. The highest BCUT2D eigenvalue weighted by Gasteiger charge is 2.33. The minimum Gasteiger partial charge on any atom is -0.490 e. The Morgan fingerprint density at radius 1 is 0.852 bits per heavy atom. The van der Waals surface area contributed by atoms with Gasteiger partial charge in [-0.3, -0.25) is 39.8 Å². The molecular weight excluding hydrogens is 729 g/mol. The lowest BCUT2D eigenvalue weighted by Crippen LogP contribution is -2.42. The fourth-order valence-electron chi connectivity index (χ4n) is 5.21. The Morgan fingerprint density at radius 3 is 1.72 bits per heavy atom. The van der Waals surface area contributed by atoms with E-state index >= 15 is 0 Å². The van der Waals surface area contributed by atoms with Gasteiger partial charge in [0.25, 0.3) is 5.24 Å². The molecule has 1 aliphatic rings. The Kier molecular flexibility index (Phi) is 16.0. The minimum atomic E-state index is -0.808. The number of aromatic nitrogens is 2. The van der Waals surface area contributed by atoms with E-state index in [1.54, 1.807) is 43.6 Å². The number of amides is 4. The van der Waals surface area contributed by atoms with Crippen molar-refractivity contribution in [2.75, 3.05) is 19.5 Å². The largest absolute Gasteiger partial charge is 0.490 e. The van der Waals surface area contributed by atoms with Crippen LogP contribution in [0.1, 0.15) is 66.6 Å². The number of ether oxygens (including phenoxy) is 2. The van der Waals surface area contributed by atoms with E-state index in [1.165, 1.54) is 11.8 Å². The molecule has 1 aliphatic heterocycles. The van der Waals surface area contributed by atoms with Crippen molar-refractivity contribution in [1.82, 2.24) is 20.6 Å². The maximum atomic E-state index is 12.1. The second-order valence-electron chi connectivity index (χ2n) is 12.6. The Hall–Kier alpha value is -4.76. The summed E-state index contributed by atoms with van der Waals surface area (Å²) in [7, 11) is 0. The van der Waals surface area contributed by atoms with Gasteiger partial charge < -0.3 is 19.7 Å². The zero-order valence-corrected chi connectivity index (χ0v) is 32.3. The van der Waals surface area contributed by atoms with Crippen LogP contribution in [0.2, 0.25) is 0 Å². The Labute approximate surface area is 323 Å². The second kappa shape index (κ2) is 20.6. The number of rotatable bonds is 17. The van der Waals surface area contributed by atoms with Crippen LogP contribution in [0.25, 0.3) is 0 Å². The van der Waals surface area contributed by atoms with Gasteiger partial charge in [-0.05, 0) is 97.5 Å². The van der Waals surface area contributed by atoms with E-state index in [-0.39, 0.29) is 35.5 Å². The van der Waals surface area contributed by atoms with Gasteiger partial charge in [0.1, 0.15) is 36.9 Å². The highest BCUT2D eigenvalue weighted by atomic mass is 32.2. The summed E-state index contributed by atoms with van der Waals surface area (Å²) in [6.07, 6.45) is 6.92. The van der Waals surface area contributed by atoms with Crippen molar-refractivity contribution in [2.45, 2.75) is 68.7 Å². The molecule has 0 radical (unpaired) electrons. The third-order valence-corrected chi connectivity index (χ3v) is 10.9. The van der Waals surface area contributed by atoms with Crippen LogP contribution in [0.15, 0.2) is 85.2 Å². The number of aliphatic hydroxyl groups excluding tert-OH is 2. The number of hydrogen-bond donors (Lipinski definition) is 4. The average Bonchev–Trinajstić information content (AvgIpc) is 3.52. The third-order valence-electron chi connectivity index (χ3n) is 8.71. The minimum absolute atomic E-state index is 0.0993. The fraction of sp³-hybridized carbons (Fsp3) is 0.350. The molecule has 0 aliphatic carbocycles. The fourth-order valence-corrected chi connectivity index (χ4v) is 6.63. The number of pyridine rings is 2. The summed E-state index contributed by atoms with van der Waals surface area (Å²) in [5.41, 5.74) is 5.28. The van der Waals surface area contributed by atoms with E-state index in [2.05, 4.69) is 34.4 Å². The number of benzene rings is 2. The number of nitrogens with zero attached hydrogens (tertiary/aromatic N) is 2. The molecule has 4 N–H and O–H groups in total. The molecule has 0 spiro atoms. The molecule has 286 valence electrons. The van der Waals surface area contributed by atoms with Crippen molar-refractivity contribution in [2.24, 2.45) is 0 Å². The molecule has 2 aromatic carbocycles. The van der Waals surface area contributed by atoms with Crippen molar-refractivity contribution in [3.05, 3.63) is 119 Å². The van der Waals surface area contributed by atoms with Gasteiger partial charge >= 0.3 is 0 Å². The van der Waals surface area contributed by atoms with Gasteiger partial charge in [0.05, 0.1) is 21.4 Å². The molecule has 3 heterocycles. The van der Waals surface area contributed by atoms with Gasteiger partial charge in [0, 0.05) is 12.4 Å². The van der Waals surface area contributed by atoms with E-state index in [9.17, 15) is 29.4 Å². The van der Waals surface area contributed by atoms with Gasteiger partial charge in [-0.1, -0.05) is 62.0 Å². The Bertz CT molecular complexity index is 1830. The molecule has 14 heteroatoms. The van der Waals surface area contributed by atoms with E-state index in [4.69, 9.17) is 9.47 Å². The zero-order valence-electron chi connectivity index (χ0n) is 30.7. The first kappa shape index (κ1) is 42.0. The molecule has 1 saturated heterocycles. The van der Waals surface area contributed by atoms with Crippen molar-refractivity contribution in [3.63, 3.8) is 0 Å². The molecular formula is C40H46N4O8S2. The topological polar surface area (TPSA) is 177 Å². The first-order valence-electron chi connectivity index (χ1n) is 17.5. The Balaban J connectivity index is 0.000000241. The summed E-state index contributed by atoms with van der Waals surface area (Å²) in [5, 5.41) is 24.2. The summed E-state index contributed by atoms with van der Waals surface area (Å²) in [5.74, 6) is 0.679. The number of nitrogens with one attached hydrogen (secondary N) is 2. The number of carbonyl (C=O) groups is 4. The molecule has 4 aromatic rings. The number of aliphatic hydroxyl groups is 2. The number of hydrogen-bond acceptors (Lipinski definition) is 12. The average molecular weight is 775 g/mol. The van der Waals surface area contributed by atoms with Crippen LogP contribution in [-0.4, -0.2) is 73.1 Å². The standard InChI is InChI=1S/C21H26N2O4S.C19H20N2O4S/c1-4-15-7-10-18(22-12-15)19(25)13-27-17-8-5-16(6-9-17)11-21(2,28-3)20(26)23-14-24;1-2-12-5-8-15(20-10-12)16(22)11-25-14-6-3-13(4-7-14)9-17-18(23)21-19(24)26-17/h5-10,12,14,19,25H,4,11,13H2,1-3H3,(H,23,24,26);3-8,10,16-17,22H,2,9,11H2,1H3,(H,21,23,24). The summed E-state index contributed by atoms with van der Waals surface area (Å²) in [4.78, 5) is 54.0. The van der Waals surface area contributed by atoms with E-state index < -0.39 is 17.0 Å². The van der Waals surface area contributed by atoms with Crippen molar-refractivity contribution in [1.29, 1.82) is 0 Å². The molecule has 4 unspecified atom stereocenters. The van der Waals surface area contributed by atoms with Gasteiger partial charge in [0.15, 0.2) is 0 Å². The van der Waals surface area contributed by atoms with Crippen LogP contribution in [0.3, 0.4) is 0 Å². The van der Waals surface area contributed by atoms with E-state index in [0.717, 1.165) is 46.9 Å². The van der Waals surface area contributed by atoms with Gasteiger partial charge in [-0.15, -0.1) is 11.8 Å². The van der Waals surface area contributed by atoms with Crippen molar-refractivity contribution < 1.29 is 38.9 Å². The predicted octanol–water partition coefficient (Wildman–Crippen LogP) is 5.34. The van der Waals surface area contributed by atoms with Crippen LogP contribution in [0.4, 0.5) is 4.79 Å². The quantitative estimate of drug-likeness (QED) is 0.101. The van der Waals surface area contributed by atoms with E-state index in [0.29, 0.717) is 42.1 Å². The second-order valence-corrected chi connectivity index (χ2v) is 15.1. The zero-order chi connectivity index (χ0) is 39.1. The van der Waals surface area contributed by atoms with Gasteiger partial charge in [-0.2, -0.15) is 0 Å². The predicted molar refractivity (Wildman–Crippen MR) is 209 cm³/mol. The van der Waals surface area contributed by atoms with Crippen LogP contribution in [0, 0.1) is 0 Å². The smallest absolute Gasteiger partial charge is 0.286 e. The lowest BCUT2D eigenvalue weighted by molar-refractivity contribution is -0.127. The normalized spacial score (nSPS) is 15.9. The maximum absolute atomic E-state index is 12.1. The summed E-state index contributed by atoms with van der Waals surface area (Å²) >= 11 is 2.41. The third kappa shape index (κ3) is 12.4. The number of imide groups is 2. The molecule has 4 amide bonds. The summed E-state index contributed by atoms with van der Waals surface area (Å²) < 4.78 is 10.5. The van der Waals surface area contributed by atoms with Crippen LogP contribution >= 0.6 is 23.5 Å². The van der Waals surface area contributed by atoms with Crippen LogP contribution in [0.5, 0.6) is 11.5 Å². The molecule has 4 atom stereocenters. The first-order valence-corrected chi connectivity index (χ1v) is 19.6. The summed E-state index contributed by atoms with van der Waals surface area (Å²) in [6, 6.07) is 22.1. The van der Waals surface area contributed by atoms with Crippen LogP contribution in [-0.2, 0) is 40.1 Å². The molecule has 12 nitrogen and oxygen atoms in total. The number of aryl methyl sites for hydroxylation is 2. The maximum Gasteiger partial charge on any atom is 0.286 e. The monoisotopic (exact) mass is 774 g/mol. The van der Waals surface area contributed by atoms with Crippen molar-refractivity contribution in [3.8, 4) is 11.5 Å². The number of carbonyl (C=O) groups excluding carboxylic acids is 4. The first-order chi connectivity index (χ1) is 26.0. The molecule has 54 heavy (non-hydrogen) atoms. The highest BCUT2D eigenvalue weighted by molar-refractivity contribution is 8.15. The molecule has 2 aromatic heterocycles. The molecule has 1 fully saturated rings. The van der Waals surface area contributed by atoms with E-state index in [1.807, 2.05) is 54.8 Å². The van der Waals surface area contributed by atoms with Gasteiger partial charge in [0.2, 0.25) is 18.2 Å². The van der Waals surface area contributed by atoms with Crippen molar-refractivity contribution >= 4 is 47.0 Å². The summed E-state index contributed by atoms with van der Waals surface area (Å²) in [6.45, 7) is 6.11. The highest BCUT2D eigenvalue weighted by Crippen LogP contribution is 2.29. The van der Waals surface area contributed by atoms with Gasteiger partial charge in [-0.25, -0.2) is 0 Å². The van der Waals surface area contributed by atoms with Crippen LogP contribution < -0.4 is 20.1 Å².